The Bertz CT molecular complexity index is 1050. The molecule has 0 aliphatic rings. The average Bonchev–Trinajstić information content (AvgIpc) is 2.72. The van der Waals surface area contributed by atoms with Gasteiger partial charge in [0.2, 0.25) is 0 Å². The highest BCUT2D eigenvalue weighted by Gasteiger charge is 2.12. The number of esters is 1. The molecule has 1 heterocycles. The van der Waals surface area contributed by atoms with Crippen molar-refractivity contribution in [1.29, 1.82) is 0 Å². The van der Waals surface area contributed by atoms with E-state index < -0.39 is 5.63 Å². The van der Waals surface area contributed by atoms with E-state index in [4.69, 9.17) is 9.15 Å². The normalized spacial score (nSPS) is 13.0. The number of aromatic hydroxyl groups is 1. The number of carbonyl (C=O) groups is 1. The highest BCUT2D eigenvalue weighted by Crippen LogP contribution is 2.26. The SMILES string of the molecule is CC(=O)OC/C(C)=C\CC/C(C)=C/CC/C(C)=C/Cc1c(O)c2ccccc2oc1=O. The number of fused-ring (bicyclic) bond motifs is 1. The Balaban J connectivity index is 1.85. The van der Waals surface area contributed by atoms with Crippen LogP contribution in [0.15, 0.2) is 68.4 Å². The van der Waals surface area contributed by atoms with E-state index in [0.29, 0.717) is 29.6 Å². The molecule has 0 aliphatic carbocycles. The first kappa shape index (κ1) is 24.2. The van der Waals surface area contributed by atoms with Crippen LogP contribution in [0.5, 0.6) is 5.75 Å². The van der Waals surface area contributed by atoms with E-state index in [-0.39, 0.29) is 11.7 Å². The van der Waals surface area contributed by atoms with Crippen LogP contribution < -0.4 is 5.63 Å². The Morgan fingerprint density at radius 3 is 2.26 bits per heavy atom. The summed E-state index contributed by atoms with van der Waals surface area (Å²) in [6, 6.07) is 6.99. The van der Waals surface area contributed by atoms with Gasteiger partial charge in [-0.25, -0.2) is 4.79 Å². The van der Waals surface area contributed by atoms with Gasteiger partial charge in [-0.1, -0.05) is 41.5 Å². The molecule has 5 nitrogen and oxygen atoms in total. The van der Waals surface area contributed by atoms with E-state index in [2.05, 4.69) is 19.1 Å². The van der Waals surface area contributed by atoms with Crippen LogP contribution in [0.3, 0.4) is 0 Å². The molecule has 1 aromatic carbocycles. The number of hydrogen-bond donors (Lipinski definition) is 1. The Morgan fingerprint density at radius 2 is 1.58 bits per heavy atom. The molecular weight excluding hydrogens is 392 g/mol. The van der Waals surface area contributed by atoms with Crippen molar-refractivity contribution in [2.45, 2.75) is 59.8 Å². The first-order valence-corrected chi connectivity index (χ1v) is 10.6. The van der Waals surface area contributed by atoms with Crippen molar-refractivity contribution in [1.82, 2.24) is 0 Å². The van der Waals surface area contributed by atoms with Gasteiger partial charge in [-0.05, 0) is 64.2 Å². The molecular formula is C26H32O5. The molecule has 1 aromatic heterocycles. The molecule has 166 valence electrons. The molecule has 0 aliphatic heterocycles. The van der Waals surface area contributed by atoms with E-state index >= 15 is 0 Å². The number of rotatable bonds is 10. The van der Waals surface area contributed by atoms with Crippen LogP contribution >= 0.6 is 0 Å². The van der Waals surface area contributed by atoms with Crippen LogP contribution in [0.4, 0.5) is 0 Å². The molecule has 0 unspecified atom stereocenters. The van der Waals surface area contributed by atoms with Gasteiger partial charge in [0.1, 0.15) is 17.9 Å². The van der Waals surface area contributed by atoms with Crippen LogP contribution in [-0.2, 0) is 16.0 Å². The Morgan fingerprint density at radius 1 is 0.968 bits per heavy atom. The van der Waals surface area contributed by atoms with Crippen molar-refractivity contribution in [3.63, 3.8) is 0 Å². The van der Waals surface area contributed by atoms with E-state index in [1.807, 2.05) is 19.9 Å². The highest BCUT2D eigenvalue weighted by molar-refractivity contribution is 5.83. The number of benzene rings is 1. The zero-order valence-corrected chi connectivity index (χ0v) is 18.9. The first-order chi connectivity index (χ1) is 14.8. The Labute approximate surface area is 183 Å². The molecule has 31 heavy (non-hydrogen) atoms. The van der Waals surface area contributed by atoms with Crippen LogP contribution in [0, 0.1) is 0 Å². The lowest BCUT2D eigenvalue weighted by atomic mass is 10.0. The Kier molecular flexibility index (Phi) is 9.32. The summed E-state index contributed by atoms with van der Waals surface area (Å²) in [5.41, 5.74) is 3.73. The van der Waals surface area contributed by atoms with Crippen molar-refractivity contribution < 1.29 is 19.1 Å². The second kappa shape index (κ2) is 11.9. The Hall–Kier alpha value is -3.08. The minimum Gasteiger partial charge on any atom is -0.507 e. The topological polar surface area (TPSA) is 76.7 Å². The third-order valence-electron chi connectivity index (χ3n) is 5.10. The summed E-state index contributed by atoms with van der Waals surface area (Å²) >= 11 is 0. The van der Waals surface area contributed by atoms with E-state index in [1.54, 1.807) is 24.3 Å². The molecule has 0 spiro atoms. The summed E-state index contributed by atoms with van der Waals surface area (Å²) in [5, 5.41) is 11.0. The minimum atomic E-state index is -0.493. The van der Waals surface area contributed by atoms with Gasteiger partial charge in [-0.3, -0.25) is 4.79 Å². The van der Waals surface area contributed by atoms with Gasteiger partial charge in [0.15, 0.2) is 0 Å². The predicted molar refractivity (Wildman–Crippen MR) is 124 cm³/mol. The second-order valence-electron chi connectivity index (χ2n) is 7.93. The third kappa shape index (κ3) is 7.93. The van der Waals surface area contributed by atoms with Crippen LogP contribution in [0.2, 0.25) is 0 Å². The maximum absolute atomic E-state index is 12.2. The molecule has 2 aromatic rings. The third-order valence-corrected chi connectivity index (χ3v) is 5.10. The molecule has 0 radical (unpaired) electrons. The summed E-state index contributed by atoms with van der Waals surface area (Å²) in [6.45, 7) is 7.88. The fraction of sp³-hybridized carbons (Fsp3) is 0.385. The summed E-state index contributed by atoms with van der Waals surface area (Å²) < 4.78 is 10.3. The second-order valence-corrected chi connectivity index (χ2v) is 7.93. The highest BCUT2D eigenvalue weighted by atomic mass is 16.5. The van der Waals surface area contributed by atoms with E-state index in [0.717, 1.165) is 36.8 Å². The van der Waals surface area contributed by atoms with Crippen molar-refractivity contribution in [3.8, 4) is 5.75 Å². The van der Waals surface area contributed by atoms with Crippen LogP contribution in [0.25, 0.3) is 11.0 Å². The van der Waals surface area contributed by atoms with Gasteiger partial charge in [-0.15, -0.1) is 0 Å². The largest absolute Gasteiger partial charge is 0.507 e. The van der Waals surface area contributed by atoms with Gasteiger partial charge in [0, 0.05) is 13.3 Å². The fourth-order valence-electron chi connectivity index (χ4n) is 3.20. The number of para-hydroxylation sites is 1. The van der Waals surface area contributed by atoms with E-state index in [9.17, 15) is 14.7 Å². The summed E-state index contributed by atoms with van der Waals surface area (Å²) in [7, 11) is 0. The molecule has 5 heteroatoms. The molecule has 1 N–H and O–H groups in total. The van der Waals surface area contributed by atoms with Gasteiger partial charge >= 0.3 is 11.6 Å². The summed E-state index contributed by atoms with van der Waals surface area (Å²) in [6.07, 6.45) is 10.3. The van der Waals surface area contributed by atoms with Crippen molar-refractivity contribution in [3.05, 3.63) is 75.2 Å². The van der Waals surface area contributed by atoms with Gasteiger partial charge in [0.25, 0.3) is 0 Å². The lowest BCUT2D eigenvalue weighted by molar-refractivity contribution is -0.139. The quantitative estimate of drug-likeness (QED) is 0.287. The van der Waals surface area contributed by atoms with E-state index in [1.165, 1.54) is 12.5 Å². The minimum absolute atomic E-state index is 0.00342. The maximum atomic E-state index is 12.2. The van der Waals surface area contributed by atoms with Crippen molar-refractivity contribution in [2.75, 3.05) is 6.61 Å². The van der Waals surface area contributed by atoms with Gasteiger partial charge < -0.3 is 14.3 Å². The van der Waals surface area contributed by atoms with Gasteiger partial charge in [0.05, 0.1) is 10.9 Å². The molecule has 0 fully saturated rings. The molecule has 0 saturated carbocycles. The monoisotopic (exact) mass is 424 g/mol. The zero-order chi connectivity index (χ0) is 22.8. The van der Waals surface area contributed by atoms with Gasteiger partial charge in [-0.2, -0.15) is 0 Å². The lowest BCUT2D eigenvalue weighted by Gasteiger charge is -2.05. The lowest BCUT2D eigenvalue weighted by Crippen LogP contribution is -2.07. The fourth-order valence-corrected chi connectivity index (χ4v) is 3.20. The molecule has 2 rings (SSSR count). The number of ether oxygens (including phenoxy) is 1. The molecule has 0 bridgehead atoms. The number of hydrogen-bond acceptors (Lipinski definition) is 5. The summed E-state index contributed by atoms with van der Waals surface area (Å²) in [4.78, 5) is 23.0. The summed E-state index contributed by atoms with van der Waals surface area (Å²) in [5.74, 6) is -0.257. The number of allylic oxidation sites excluding steroid dienone is 5. The molecule has 0 atom stereocenters. The van der Waals surface area contributed by atoms with Crippen LogP contribution in [-0.4, -0.2) is 17.7 Å². The molecule has 0 saturated heterocycles. The average molecular weight is 425 g/mol. The predicted octanol–water partition coefficient (Wildman–Crippen LogP) is 6.00. The van der Waals surface area contributed by atoms with Crippen LogP contribution in [0.1, 0.15) is 58.9 Å². The van der Waals surface area contributed by atoms with Crippen molar-refractivity contribution in [2.24, 2.45) is 0 Å². The smallest absolute Gasteiger partial charge is 0.343 e. The maximum Gasteiger partial charge on any atom is 0.343 e. The molecule has 0 amide bonds. The van der Waals surface area contributed by atoms with Crippen molar-refractivity contribution >= 4 is 16.9 Å². The first-order valence-electron chi connectivity index (χ1n) is 10.6. The number of carbonyl (C=O) groups excluding carboxylic acids is 1. The standard InChI is InChI=1S/C26H32O5/c1-18(10-8-12-20(3)17-30-21(4)27)9-7-11-19(2)15-16-23-25(28)22-13-5-6-14-24(22)31-26(23)29/h5-6,9,12-15,28H,7-8,10-11,16-17H2,1-4H3/b18-9+,19-15+,20-12-. The zero-order valence-electron chi connectivity index (χ0n) is 18.9.